The van der Waals surface area contributed by atoms with Gasteiger partial charge in [0.25, 0.3) is 0 Å². The van der Waals surface area contributed by atoms with E-state index >= 15 is 0 Å². The molecule has 1 amide bonds. The van der Waals surface area contributed by atoms with Crippen LogP contribution in [-0.2, 0) is 4.79 Å². The lowest BCUT2D eigenvalue weighted by Crippen LogP contribution is -2.23. The predicted molar refractivity (Wildman–Crippen MR) is 87.9 cm³/mol. The van der Waals surface area contributed by atoms with Crippen molar-refractivity contribution in [2.24, 2.45) is 0 Å². The second-order valence-electron chi connectivity index (χ2n) is 5.19. The lowest BCUT2D eigenvalue weighted by molar-refractivity contribution is -0.125. The molecule has 0 aliphatic carbocycles. The summed E-state index contributed by atoms with van der Waals surface area (Å²) in [5.74, 6) is 1.88. The highest BCUT2D eigenvalue weighted by Gasteiger charge is 2.13. The number of nitrogens with zero attached hydrogens (tertiary/aromatic N) is 3. The molecule has 23 heavy (non-hydrogen) atoms. The fraction of sp³-hybridized carbons (Fsp3) is 0.312. The van der Waals surface area contributed by atoms with Crippen LogP contribution in [0.2, 0.25) is 0 Å². The Balaban J connectivity index is 1.71. The second kappa shape index (κ2) is 6.87. The highest BCUT2D eigenvalue weighted by molar-refractivity contribution is 7.99. The minimum absolute atomic E-state index is 0.0488. The fourth-order valence-corrected chi connectivity index (χ4v) is 2.81. The molecule has 6 nitrogen and oxygen atoms in total. The topological polar surface area (TPSA) is 64.6 Å². The summed E-state index contributed by atoms with van der Waals surface area (Å²) in [6.45, 7) is 1.13. The first-order chi connectivity index (χ1) is 11.1. The van der Waals surface area contributed by atoms with Crippen molar-refractivity contribution < 1.29 is 14.3 Å². The van der Waals surface area contributed by atoms with Crippen LogP contribution in [0.15, 0.2) is 35.4 Å². The summed E-state index contributed by atoms with van der Waals surface area (Å²) >= 11 is 1.37. The molecule has 0 bridgehead atoms. The summed E-state index contributed by atoms with van der Waals surface area (Å²) in [5.41, 5.74) is 1.67. The Morgan fingerprint density at radius 2 is 1.91 bits per heavy atom. The summed E-state index contributed by atoms with van der Waals surface area (Å²) in [7, 11) is 3.47. The lowest BCUT2D eigenvalue weighted by Gasteiger charge is -2.18. The van der Waals surface area contributed by atoms with Gasteiger partial charge in [-0.15, -0.1) is 10.2 Å². The molecular formula is C16H17N3O3S. The van der Waals surface area contributed by atoms with Crippen LogP contribution in [0.1, 0.15) is 0 Å². The van der Waals surface area contributed by atoms with Gasteiger partial charge in [0.2, 0.25) is 5.91 Å². The maximum Gasteiger partial charge on any atom is 0.232 e. The molecule has 3 rings (SSSR count). The Kier molecular flexibility index (Phi) is 4.66. The average molecular weight is 331 g/mol. The van der Waals surface area contributed by atoms with Gasteiger partial charge in [-0.25, -0.2) is 0 Å². The normalized spacial score (nSPS) is 12.8. The van der Waals surface area contributed by atoms with Crippen molar-refractivity contribution in [2.75, 3.05) is 33.1 Å². The summed E-state index contributed by atoms with van der Waals surface area (Å²) in [4.78, 5) is 13.1. The molecule has 0 fully saturated rings. The Bertz CT molecular complexity index is 704. The number of hydrogen-bond acceptors (Lipinski definition) is 6. The number of ether oxygens (including phenoxy) is 2. The number of hydrogen-bond donors (Lipinski definition) is 0. The van der Waals surface area contributed by atoms with Crippen LogP contribution < -0.4 is 9.47 Å². The first-order valence-electron chi connectivity index (χ1n) is 7.20. The molecule has 1 aliphatic heterocycles. The minimum Gasteiger partial charge on any atom is -0.486 e. The van der Waals surface area contributed by atoms with E-state index < -0.39 is 0 Å². The summed E-state index contributed by atoms with van der Waals surface area (Å²) in [6.07, 6.45) is 0. The molecule has 0 unspecified atom stereocenters. The first-order valence-corrected chi connectivity index (χ1v) is 8.19. The van der Waals surface area contributed by atoms with E-state index in [4.69, 9.17) is 9.47 Å². The highest BCUT2D eigenvalue weighted by atomic mass is 32.2. The quantitative estimate of drug-likeness (QED) is 0.800. The van der Waals surface area contributed by atoms with E-state index in [0.717, 1.165) is 27.8 Å². The fourth-order valence-electron chi connectivity index (χ4n) is 2.02. The number of carbonyl (C=O) groups is 1. The lowest BCUT2D eigenvalue weighted by atomic mass is 10.1. The van der Waals surface area contributed by atoms with Gasteiger partial charge in [-0.05, 0) is 30.3 Å². The zero-order valence-electron chi connectivity index (χ0n) is 13.0. The van der Waals surface area contributed by atoms with Crippen molar-refractivity contribution in [2.45, 2.75) is 5.03 Å². The second-order valence-corrected chi connectivity index (χ2v) is 6.19. The monoisotopic (exact) mass is 331 g/mol. The number of benzene rings is 1. The van der Waals surface area contributed by atoms with Crippen molar-refractivity contribution in [3.8, 4) is 22.8 Å². The Hall–Kier alpha value is -2.28. The molecule has 1 aromatic carbocycles. The summed E-state index contributed by atoms with van der Waals surface area (Å²) < 4.78 is 11.1. The van der Waals surface area contributed by atoms with Crippen molar-refractivity contribution in [3.05, 3.63) is 30.3 Å². The van der Waals surface area contributed by atoms with Crippen LogP contribution in [-0.4, -0.2) is 54.1 Å². The first kappa shape index (κ1) is 15.6. The third kappa shape index (κ3) is 3.73. The van der Waals surface area contributed by atoms with Gasteiger partial charge in [0.1, 0.15) is 18.2 Å². The van der Waals surface area contributed by atoms with Crippen LogP contribution >= 0.6 is 11.8 Å². The maximum atomic E-state index is 11.6. The van der Waals surface area contributed by atoms with Crippen molar-refractivity contribution in [3.63, 3.8) is 0 Å². The Morgan fingerprint density at radius 3 is 2.61 bits per heavy atom. The summed E-state index contributed by atoms with van der Waals surface area (Å²) in [5, 5.41) is 9.12. The van der Waals surface area contributed by atoms with Gasteiger partial charge in [-0.3, -0.25) is 4.79 Å². The molecule has 0 spiro atoms. The maximum absolute atomic E-state index is 11.6. The number of aromatic nitrogens is 2. The van der Waals surface area contributed by atoms with Gasteiger partial charge >= 0.3 is 0 Å². The SMILES string of the molecule is CN(C)C(=O)CSc1ccc(-c2ccc3c(c2)OCCO3)nn1. The molecule has 0 radical (unpaired) electrons. The Morgan fingerprint density at radius 1 is 1.13 bits per heavy atom. The third-order valence-electron chi connectivity index (χ3n) is 3.32. The van der Waals surface area contributed by atoms with Gasteiger partial charge in [-0.1, -0.05) is 11.8 Å². The Labute approximate surface area is 138 Å². The molecule has 0 saturated heterocycles. The number of thioether (sulfide) groups is 1. The minimum atomic E-state index is 0.0488. The zero-order chi connectivity index (χ0) is 16.2. The molecule has 120 valence electrons. The smallest absolute Gasteiger partial charge is 0.232 e. The van der Waals surface area contributed by atoms with E-state index in [1.165, 1.54) is 11.8 Å². The number of amides is 1. The van der Waals surface area contributed by atoms with Crippen molar-refractivity contribution in [1.29, 1.82) is 0 Å². The summed E-state index contributed by atoms with van der Waals surface area (Å²) in [6, 6.07) is 9.47. The largest absolute Gasteiger partial charge is 0.486 e. The van der Waals surface area contributed by atoms with Crippen molar-refractivity contribution in [1.82, 2.24) is 15.1 Å². The number of fused-ring (bicyclic) bond motifs is 1. The third-order valence-corrected chi connectivity index (χ3v) is 4.23. The van der Waals surface area contributed by atoms with E-state index in [-0.39, 0.29) is 5.91 Å². The zero-order valence-corrected chi connectivity index (χ0v) is 13.8. The van der Waals surface area contributed by atoms with Gasteiger partial charge in [0.05, 0.1) is 11.4 Å². The molecule has 0 saturated carbocycles. The van der Waals surface area contributed by atoms with Gasteiger partial charge < -0.3 is 14.4 Å². The molecular weight excluding hydrogens is 314 g/mol. The molecule has 7 heteroatoms. The van der Waals surface area contributed by atoms with Gasteiger partial charge in [0.15, 0.2) is 11.5 Å². The van der Waals surface area contributed by atoms with Gasteiger partial charge in [0, 0.05) is 19.7 Å². The van der Waals surface area contributed by atoms with Gasteiger partial charge in [-0.2, -0.15) is 0 Å². The van der Waals surface area contributed by atoms with Crippen molar-refractivity contribution >= 4 is 17.7 Å². The van der Waals surface area contributed by atoms with E-state index in [9.17, 15) is 4.79 Å². The molecule has 2 aromatic rings. The van der Waals surface area contributed by atoms with Crippen LogP contribution in [0.4, 0.5) is 0 Å². The van der Waals surface area contributed by atoms with Crippen LogP contribution in [0, 0.1) is 0 Å². The molecule has 0 N–H and O–H groups in total. The van der Waals surface area contributed by atoms with E-state index in [0.29, 0.717) is 19.0 Å². The number of rotatable bonds is 4. The predicted octanol–water partition coefficient (Wildman–Crippen LogP) is 2.10. The average Bonchev–Trinajstić information content (AvgIpc) is 2.59. The van der Waals surface area contributed by atoms with E-state index in [2.05, 4.69) is 10.2 Å². The standard InChI is InChI=1S/C16H17N3O3S/c1-19(2)16(20)10-23-15-6-4-12(17-18-15)11-3-5-13-14(9-11)22-8-7-21-13/h3-6,9H,7-8,10H2,1-2H3. The molecule has 2 heterocycles. The molecule has 1 aromatic heterocycles. The molecule has 1 aliphatic rings. The van der Waals surface area contributed by atoms with Crippen LogP contribution in [0.5, 0.6) is 11.5 Å². The van der Waals surface area contributed by atoms with Crippen LogP contribution in [0.25, 0.3) is 11.3 Å². The van der Waals surface area contributed by atoms with E-state index in [1.54, 1.807) is 19.0 Å². The molecule has 0 atom stereocenters. The highest BCUT2D eigenvalue weighted by Crippen LogP contribution is 2.34. The van der Waals surface area contributed by atoms with E-state index in [1.807, 2.05) is 30.3 Å². The number of carbonyl (C=O) groups excluding carboxylic acids is 1. The van der Waals surface area contributed by atoms with Crippen LogP contribution in [0.3, 0.4) is 0 Å².